The molecule has 2 atom stereocenters. The smallest absolute Gasteiger partial charge is 0.310 e. The summed E-state index contributed by atoms with van der Waals surface area (Å²) in [4.78, 5) is 24.9. The first-order valence-electron chi connectivity index (χ1n) is 11.4. The summed E-state index contributed by atoms with van der Waals surface area (Å²) in [6, 6.07) is 0. The fourth-order valence-corrected chi connectivity index (χ4v) is 3.56. The summed E-state index contributed by atoms with van der Waals surface area (Å²) >= 11 is 0. The molecular formula is C24H42O4. The van der Waals surface area contributed by atoms with Gasteiger partial charge in [-0.1, -0.05) is 78.4 Å². The minimum atomic E-state index is -0.394. The molecule has 0 bridgehead atoms. The number of hydrogen-bond donors (Lipinski definition) is 0. The molecule has 0 aromatic rings. The van der Waals surface area contributed by atoms with E-state index in [1.54, 1.807) is 0 Å². The second kappa shape index (κ2) is 14.6. The van der Waals surface area contributed by atoms with Crippen molar-refractivity contribution in [3.63, 3.8) is 0 Å². The van der Waals surface area contributed by atoms with E-state index in [1.165, 1.54) is 25.7 Å². The monoisotopic (exact) mass is 394 g/mol. The van der Waals surface area contributed by atoms with Gasteiger partial charge in [-0.3, -0.25) is 9.59 Å². The van der Waals surface area contributed by atoms with Crippen molar-refractivity contribution < 1.29 is 19.1 Å². The van der Waals surface area contributed by atoms with Crippen LogP contribution in [0.5, 0.6) is 0 Å². The molecule has 4 heteroatoms. The second-order valence-electron chi connectivity index (χ2n) is 8.98. The van der Waals surface area contributed by atoms with Gasteiger partial charge in [0.15, 0.2) is 0 Å². The first-order chi connectivity index (χ1) is 13.4. The van der Waals surface area contributed by atoms with Crippen LogP contribution in [0, 0.1) is 23.7 Å². The first kappa shape index (κ1) is 24.7. The zero-order chi connectivity index (χ0) is 20.8. The van der Waals surface area contributed by atoms with Crippen LogP contribution in [0.25, 0.3) is 0 Å². The van der Waals surface area contributed by atoms with Gasteiger partial charge in [0.1, 0.15) is 0 Å². The Kier molecular flexibility index (Phi) is 12.9. The Morgan fingerprint density at radius 2 is 1.11 bits per heavy atom. The summed E-state index contributed by atoms with van der Waals surface area (Å²) in [6.07, 6.45) is 13.8. The predicted molar refractivity (Wildman–Crippen MR) is 114 cm³/mol. The van der Waals surface area contributed by atoms with Crippen LogP contribution in [0.15, 0.2) is 12.2 Å². The van der Waals surface area contributed by atoms with Gasteiger partial charge in [0.05, 0.1) is 25.0 Å². The summed E-state index contributed by atoms with van der Waals surface area (Å²) in [5.74, 6) is 0.166. The average molecular weight is 395 g/mol. The molecule has 0 aliphatic heterocycles. The molecule has 2 unspecified atom stereocenters. The molecular weight excluding hydrogens is 352 g/mol. The maximum atomic E-state index is 12.5. The van der Waals surface area contributed by atoms with Crippen LogP contribution in [0.3, 0.4) is 0 Å². The molecule has 0 saturated heterocycles. The lowest BCUT2D eigenvalue weighted by Gasteiger charge is -2.25. The van der Waals surface area contributed by atoms with E-state index in [1.807, 2.05) is 12.2 Å². The van der Waals surface area contributed by atoms with Crippen LogP contribution in [0.1, 0.15) is 91.9 Å². The van der Waals surface area contributed by atoms with E-state index in [2.05, 4.69) is 27.7 Å². The Hall–Kier alpha value is -1.32. The summed E-state index contributed by atoms with van der Waals surface area (Å²) in [5, 5.41) is 0. The van der Waals surface area contributed by atoms with E-state index in [9.17, 15) is 9.59 Å². The molecule has 162 valence electrons. The van der Waals surface area contributed by atoms with Gasteiger partial charge in [-0.2, -0.15) is 0 Å². The van der Waals surface area contributed by atoms with Crippen molar-refractivity contribution in [2.45, 2.75) is 91.9 Å². The SMILES string of the molecule is CC(C)CCCCCOC(=O)C1CC=CCC1C(=O)OCCCCCC(C)C. The molecule has 4 nitrogen and oxygen atoms in total. The summed E-state index contributed by atoms with van der Waals surface area (Å²) < 4.78 is 10.9. The van der Waals surface area contributed by atoms with Crippen LogP contribution >= 0.6 is 0 Å². The standard InChI is InChI=1S/C24H42O4/c1-19(2)13-7-5-11-17-27-23(25)21-15-9-10-16-22(21)24(26)28-18-12-6-8-14-20(3)4/h9-10,19-22H,5-8,11-18H2,1-4H3. The molecule has 0 aromatic heterocycles. The maximum absolute atomic E-state index is 12.5. The Morgan fingerprint density at radius 3 is 1.46 bits per heavy atom. The molecule has 0 N–H and O–H groups in total. The van der Waals surface area contributed by atoms with E-state index in [4.69, 9.17) is 9.47 Å². The summed E-state index contributed by atoms with van der Waals surface area (Å²) in [6.45, 7) is 9.80. The number of esters is 2. The zero-order valence-corrected chi connectivity index (χ0v) is 18.6. The third kappa shape index (κ3) is 10.9. The fourth-order valence-electron chi connectivity index (χ4n) is 3.56. The molecule has 0 fully saturated rings. The van der Waals surface area contributed by atoms with Crippen LogP contribution in [0.4, 0.5) is 0 Å². The molecule has 1 aliphatic rings. The highest BCUT2D eigenvalue weighted by molar-refractivity contribution is 5.82. The van der Waals surface area contributed by atoms with Gasteiger partial charge in [0, 0.05) is 0 Å². The van der Waals surface area contributed by atoms with Gasteiger partial charge in [-0.15, -0.1) is 0 Å². The zero-order valence-electron chi connectivity index (χ0n) is 18.6. The van der Waals surface area contributed by atoms with Crippen LogP contribution in [-0.2, 0) is 19.1 Å². The molecule has 0 saturated carbocycles. The molecule has 0 amide bonds. The summed E-state index contributed by atoms with van der Waals surface area (Å²) in [7, 11) is 0. The van der Waals surface area contributed by atoms with E-state index >= 15 is 0 Å². The third-order valence-corrected chi connectivity index (χ3v) is 5.38. The van der Waals surface area contributed by atoms with Crippen molar-refractivity contribution in [3.8, 4) is 0 Å². The number of rotatable bonds is 14. The van der Waals surface area contributed by atoms with E-state index in [0.717, 1.165) is 37.5 Å². The van der Waals surface area contributed by atoms with Crippen molar-refractivity contribution in [1.29, 1.82) is 0 Å². The third-order valence-electron chi connectivity index (χ3n) is 5.38. The largest absolute Gasteiger partial charge is 0.465 e. The van der Waals surface area contributed by atoms with Gasteiger partial charge in [0.25, 0.3) is 0 Å². The van der Waals surface area contributed by atoms with Crippen molar-refractivity contribution >= 4 is 11.9 Å². The number of unbranched alkanes of at least 4 members (excludes halogenated alkanes) is 4. The fraction of sp³-hybridized carbons (Fsp3) is 0.833. The van der Waals surface area contributed by atoms with Gasteiger partial charge in [-0.25, -0.2) is 0 Å². The lowest BCUT2D eigenvalue weighted by atomic mass is 9.83. The van der Waals surface area contributed by atoms with Gasteiger partial charge in [-0.05, 0) is 37.5 Å². The quantitative estimate of drug-likeness (QED) is 0.203. The first-order valence-corrected chi connectivity index (χ1v) is 11.4. The number of carbonyl (C=O) groups is 2. The molecule has 0 spiro atoms. The molecule has 0 radical (unpaired) electrons. The number of allylic oxidation sites excluding steroid dienone is 2. The molecule has 0 heterocycles. The second-order valence-corrected chi connectivity index (χ2v) is 8.98. The highest BCUT2D eigenvalue weighted by Gasteiger charge is 2.36. The number of ether oxygens (including phenoxy) is 2. The van der Waals surface area contributed by atoms with Gasteiger partial charge < -0.3 is 9.47 Å². The lowest BCUT2D eigenvalue weighted by molar-refractivity contribution is -0.161. The van der Waals surface area contributed by atoms with E-state index in [0.29, 0.717) is 26.1 Å². The molecule has 1 aliphatic carbocycles. The minimum Gasteiger partial charge on any atom is -0.465 e. The van der Waals surface area contributed by atoms with Crippen LogP contribution < -0.4 is 0 Å². The van der Waals surface area contributed by atoms with Crippen molar-refractivity contribution in [2.24, 2.45) is 23.7 Å². The topological polar surface area (TPSA) is 52.6 Å². The Bertz CT molecular complexity index is 425. The lowest BCUT2D eigenvalue weighted by Crippen LogP contribution is -2.34. The number of carbonyl (C=O) groups excluding carboxylic acids is 2. The minimum absolute atomic E-state index is 0.243. The Labute approximate surface area is 172 Å². The Morgan fingerprint density at radius 1 is 0.714 bits per heavy atom. The molecule has 28 heavy (non-hydrogen) atoms. The Balaban J connectivity index is 2.28. The molecule has 1 rings (SSSR count). The van der Waals surface area contributed by atoms with E-state index < -0.39 is 11.8 Å². The molecule has 0 aromatic carbocycles. The number of hydrogen-bond acceptors (Lipinski definition) is 4. The van der Waals surface area contributed by atoms with E-state index in [-0.39, 0.29) is 11.9 Å². The van der Waals surface area contributed by atoms with Gasteiger partial charge >= 0.3 is 11.9 Å². The van der Waals surface area contributed by atoms with Crippen molar-refractivity contribution in [2.75, 3.05) is 13.2 Å². The normalized spacial score (nSPS) is 19.2. The predicted octanol–water partition coefficient (Wildman–Crippen LogP) is 6.09. The van der Waals surface area contributed by atoms with Crippen LogP contribution in [0.2, 0.25) is 0 Å². The van der Waals surface area contributed by atoms with Gasteiger partial charge in [0.2, 0.25) is 0 Å². The highest BCUT2D eigenvalue weighted by Crippen LogP contribution is 2.28. The average Bonchev–Trinajstić information content (AvgIpc) is 2.66. The van der Waals surface area contributed by atoms with Crippen molar-refractivity contribution in [3.05, 3.63) is 12.2 Å². The highest BCUT2D eigenvalue weighted by atomic mass is 16.5. The maximum Gasteiger partial charge on any atom is 0.310 e. The van der Waals surface area contributed by atoms with Crippen LogP contribution in [-0.4, -0.2) is 25.2 Å². The summed E-state index contributed by atoms with van der Waals surface area (Å²) in [5.41, 5.74) is 0. The van der Waals surface area contributed by atoms with Crippen molar-refractivity contribution in [1.82, 2.24) is 0 Å².